The van der Waals surface area contributed by atoms with Gasteiger partial charge >= 0.3 is 12.1 Å². The molecule has 1 saturated heterocycles. The van der Waals surface area contributed by atoms with Crippen molar-refractivity contribution in [3.05, 3.63) is 63.4 Å². The first-order chi connectivity index (χ1) is 19.5. The van der Waals surface area contributed by atoms with E-state index in [1.54, 1.807) is 6.07 Å². The van der Waals surface area contributed by atoms with Crippen LogP contribution < -0.4 is 10.6 Å². The number of piperidine rings is 1. The molecular formula is C28H31Cl2FN4O6. The van der Waals surface area contributed by atoms with Crippen molar-refractivity contribution in [1.29, 1.82) is 0 Å². The molecule has 0 aromatic heterocycles. The molecule has 0 aliphatic carbocycles. The van der Waals surface area contributed by atoms with E-state index >= 15 is 0 Å². The number of ether oxygens (including phenoxy) is 1. The van der Waals surface area contributed by atoms with Crippen LogP contribution in [-0.4, -0.2) is 76.6 Å². The van der Waals surface area contributed by atoms with Gasteiger partial charge in [-0.25, -0.2) is 9.18 Å². The maximum atomic E-state index is 14.7. The van der Waals surface area contributed by atoms with E-state index < -0.39 is 35.8 Å². The Labute approximate surface area is 246 Å². The summed E-state index contributed by atoms with van der Waals surface area (Å²) in [6.07, 6.45) is 0.146. The molecule has 1 fully saturated rings. The van der Waals surface area contributed by atoms with Crippen molar-refractivity contribution in [2.45, 2.75) is 57.3 Å². The zero-order valence-corrected chi connectivity index (χ0v) is 23.9. The Morgan fingerprint density at radius 1 is 1.10 bits per heavy atom. The van der Waals surface area contributed by atoms with Crippen molar-refractivity contribution in [1.82, 2.24) is 15.1 Å². The first-order valence-electron chi connectivity index (χ1n) is 13.2. The maximum absolute atomic E-state index is 14.7. The number of halogens is 3. The zero-order chi connectivity index (χ0) is 29.7. The Morgan fingerprint density at radius 3 is 2.44 bits per heavy atom. The lowest BCUT2D eigenvalue weighted by Crippen LogP contribution is -2.56. The standard InChI is InChI=1S/C28H31Cl2FN4O6/c1-16(36)41-19-8-11-34(12-9-19)13-10-22(26(37)32-21-7-6-20(29)24(30)25(21)31)33-27(38)23-14-17-4-2-3-5-18(17)15-35(23)28(39)40/h2-7,19,22-23H,8-15H2,1H3,(H,32,37)(H,33,38)(H,39,40)/t22?,23-/m0/s1. The normalized spacial score (nSPS) is 18.2. The topological polar surface area (TPSA) is 128 Å². The van der Waals surface area contributed by atoms with E-state index in [4.69, 9.17) is 27.9 Å². The van der Waals surface area contributed by atoms with Gasteiger partial charge in [-0.15, -0.1) is 0 Å². The van der Waals surface area contributed by atoms with Gasteiger partial charge in [-0.05, 0) is 42.5 Å². The van der Waals surface area contributed by atoms with Gasteiger partial charge in [0.15, 0.2) is 5.82 Å². The molecule has 4 rings (SSSR count). The van der Waals surface area contributed by atoms with Crippen molar-refractivity contribution >= 4 is 52.8 Å². The average molecular weight is 609 g/mol. The quantitative estimate of drug-likeness (QED) is 0.304. The van der Waals surface area contributed by atoms with Gasteiger partial charge in [0.05, 0.1) is 22.3 Å². The van der Waals surface area contributed by atoms with Gasteiger partial charge < -0.3 is 25.4 Å². The molecule has 3 N–H and O–H groups in total. The number of carboxylic acid groups (broad SMARTS) is 1. The highest BCUT2D eigenvalue weighted by Gasteiger charge is 2.36. The van der Waals surface area contributed by atoms with Crippen molar-refractivity contribution in [2.75, 3.05) is 25.0 Å². The summed E-state index contributed by atoms with van der Waals surface area (Å²) in [6.45, 7) is 3.05. The third kappa shape index (κ3) is 7.66. The minimum Gasteiger partial charge on any atom is -0.465 e. The molecule has 0 radical (unpaired) electrons. The predicted octanol–water partition coefficient (Wildman–Crippen LogP) is 4.08. The van der Waals surface area contributed by atoms with E-state index in [0.29, 0.717) is 32.5 Å². The van der Waals surface area contributed by atoms with Crippen molar-refractivity contribution in [2.24, 2.45) is 0 Å². The molecular weight excluding hydrogens is 578 g/mol. The summed E-state index contributed by atoms with van der Waals surface area (Å²) >= 11 is 11.8. The molecule has 3 amide bonds. The van der Waals surface area contributed by atoms with E-state index in [0.717, 1.165) is 16.0 Å². The lowest BCUT2D eigenvalue weighted by atomic mass is 9.93. The zero-order valence-electron chi connectivity index (χ0n) is 22.4. The van der Waals surface area contributed by atoms with E-state index in [2.05, 4.69) is 15.5 Å². The fourth-order valence-electron chi connectivity index (χ4n) is 5.13. The third-order valence-electron chi connectivity index (χ3n) is 7.32. The molecule has 2 atom stereocenters. The molecule has 0 saturated carbocycles. The van der Waals surface area contributed by atoms with E-state index in [-0.39, 0.29) is 47.2 Å². The Balaban J connectivity index is 1.49. The largest absolute Gasteiger partial charge is 0.465 e. The molecule has 2 heterocycles. The van der Waals surface area contributed by atoms with Crippen LogP contribution in [0.1, 0.15) is 37.3 Å². The molecule has 0 spiro atoms. The number of fused-ring (bicyclic) bond motifs is 1. The number of hydrogen-bond acceptors (Lipinski definition) is 6. The summed E-state index contributed by atoms with van der Waals surface area (Å²) in [5, 5.41) is 14.6. The van der Waals surface area contributed by atoms with Crippen LogP contribution in [0.4, 0.5) is 14.9 Å². The highest BCUT2D eigenvalue weighted by atomic mass is 35.5. The van der Waals surface area contributed by atoms with Crippen LogP contribution in [0.3, 0.4) is 0 Å². The van der Waals surface area contributed by atoms with Crippen molar-refractivity contribution in [3.8, 4) is 0 Å². The van der Waals surface area contributed by atoms with E-state index in [9.17, 15) is 28.7 Å². The van der Waals surface area contributed by atoms with Crippen LogP contribution in [0.5, 0.6) is 0 Å². The third-order valence-corrected chi connectivity index (χ3v) is 8.11. The van der Waals surface area contributed by atoms with Crippen LogP contribution in [0.2, 0.25) is 10.0 Å². The fourth-order valence-corrected chi connectivity index (χ4v) is 5.45. The van der Waals surface area contributed by atoms with Gasteiger partial charge in [0.2, 0.25) is 11.8 Å². The minimum atomic E-state index is -1.26. The second-order valence-corrected chi connectivity index (χ2v) is 10.9. The summed E-state index contributed by atoms with van der Waals surface area (Å²) in [4.78, 5) is 53.3. The van der Waals surface area contributed by atoms with Gasteiger partial charge in [-0.1, -0.05) is 47.5 Å². The molecule has 10 nitrogen and oxygen atoms in total. The second-order valence-electron chi connectivity index (χ2n) is 10.1. The molecule has 13 heteroatoms. The lowest BCUT2D eigenvalue weighted by molar-refractivity contribution is -0.148. The van der Waals surface area contributed by atoms with Gasteiger partial charge in [0, 0.05) is 33.0 Å². The molecule has 2 aliphatic rings. The smallest absolute Gasteiger partial charge is 0.408 e. The van der Waals surface area contributed by atoms with Gasteiger partial charge in [-0.3, -0.25) is 19.3 Å². The number of likely N-dealkylation sites (tertiary alicyclic amines) is 1. The summed E-state index contributed by atoms with van der Waals surface area (Å²) in [5.74, 6) is -2.57. The van der Waals surface area contributed by atoms with Crippen LogP contribution in [0.15, 0.2) is 36.4 Å². The number of nitrogens with zero attached hydrogens (tertiary/aromatic N) is 2. The second kappa shape index (κ2) is 13.5. The first-order valence-corrected chi connectivity index (χ1v) is 14.0. The summed E-state index contributed by atoms with van der Waals surface area (Å²) in [7, 11) is 0. The minimum absolute atomic E-state index is 0.0180. The van der Waals surface area contributed by atoms with Crippen LogP contribution in [0, 0.1) is 5.82 Å². The number of rotatable bonds is 8. The molecule has 2 aromatic rings. The lowest BCUT2D eigenvalue weighted by Gasteiger charge is -2.35. The molecule has 2 aliphatic heterocycles. The van der Waals surface area contributed by atoms with Crippen molar-refractivity contribution in [3.63, 3.8) is 0 Å². The van der Waals surface area contributed by atoms with Crippen molar-refractivity contribution < 1.29 is 33.4 Å². The summed E-state index contributed by atoms with van der Waals surface area (Å²) in [5.41, 5.74) is 1.45. The molecule has 0 bridgehead atoms. The maximum Gasteiger partial charge on any atom is 0.408 e. The highest BCUT2D eigenvalue weighted by Crippen LogP contribution is 2.30. The number of nitrogens with one attached hydrogen (secondary N) is 2. The van der Waals surface area contributed by atoms with Gasteiger partial charge in [0.25, 0.3) is 0 Å². The number of anilines is 1. The SMILES string of the molecule is CC(=O)OC1CCN(CCC(NC(=O)[C@@H]2Cc3ccccc3CN2C(=O)O)C(=O)Nc2ccc(Cl)c(Cl)c2F)CC1. The van der Waals surface area contributed by atoms with E-state index in [1.165, 1.54) is 19.1 Å². The number of carbonyl (C=O) groups is 4. The Hall–Kier alpha value is -3.41. The number of hydrogen-bond donors (Lipinski definition) is 3. The Bertz CT molecular complexity index is 1320. The highest BCUT2D eigenvalue weighted by molar-refractivity contribution is 6.42. The average Bonchev–Trinajstić information content (AvgIpc) is 2.95. The van der Waals surface area contributed by atoms with Crippen LogP contribution in [-0.2, 0) is 32.1 Å². The summed E-state index contributed by atoms with van der Waals surface area (Å²) in [6, 6.07) is 7.71. The molecule has 41 heavy (non-hydrogen) atoms. The number of carbonyl (C=O) groups excluding carboxylic acids is 3. The van der Waals surface area contributed by atoms with E-state index in [1.807, 2.05) is 18.2 Å². The van der Waals surface area contributed by atoms with Gasteiger partial charge in [0.1, 0.15) is 18.2 Å². The monoisotopic (exact) mass is 608 g/mol. The molecule has 220 valence electrons. The number of amides is 3. The Kier molecular flexibility index (Phi) is 10.1. The first kappa shape index (κ1) is 30.5. The molecule has 2 aromatic carbocycles. The van der Waals surface area contributed by atoms with Crippen LogP contribution in [0.25, 0.3) is 0 Å². The predicted molar refractivity (Wildman–Crippen MR) is 150 cm³/mol. The Morgan fingerprint density at radius 2 is 1.78 bits per heavy atom. The summed E-state index contributed by atoms with van der Waals surface area (Å²) < 4.78 is 20.0. The van der Waals surface area contributed by atoms with Gasteiger partial charge in [-0.2, -0.15) is 0 Å². The number of esters is 1. The van der Waals surface area contributed by atoms with Crippen LogP contribution >= 0.6 is 23.2 Å². The number of benzene rings is 2. The molecule has 1 unspecified atom stereocenters. The fraction of sp³-hybridized carbons (Fsp3) is 0.429.